The molecule has 5 heteroatoms. The Bertz CT molecular complexity index is 1400. The Kier molecular flexibility index (Phi) is 6.73. The average Bonchev–Trinajstić information content (AvgIpc) is 2.84. The molecule has 1 N–H and O–H groups in total. The summed E-state index contributed by atoms with van der Waals surface area (Å²) in [4.78, 5) is 12.7. The third-order valence-electron chi connectivity index (χ3n) is 5.32. The van der Waals surface area contributed by atoms with Gasteiger partial charge in [-0.1, -0.05) is 72.3 Å². The van der Waals surface area contributed by atoms with Gasteiger partial charge in [0.25, 0.3) is 5.91 Å². The zero-order valence-electron chi connectivity index (χ0n) is 18.0. The number of nitriles is 1. The van der Waals surface area contributed by atoms with Crippen molar-refractivity contribution < 1.29 is 9.53 Å². The summed E-state index contributed by atoms with van der Waals surface area (Å²) in [6.07, 6.45) is 1.54. The molecule has 0 saturated heterocycles. The summed E-state index contributed by atoms with van der Waals surface area (Å²) in [6.45, 7) is 2.22. The average molecular weight is 453 g/mol. The van der Waals surface area contributed by atoms with Gasteiger partial charge in [0.1, 0.15) is 24.0 Å². The van der Waals surface area contributed by atoms with Crippen LogP contribution in [0.1, 0.15) is 16.7 Å². The van der Waals surface area contributed by atoms with Crippen LogP contribution in [0.25, 0.3) is 16.8 Å². The minimum Gasteiger partial charge on any atom is -0.489 e. The molecular formula is C28H21ClN2O2. The molecule has 0 aliphatic carbocycles. The Hall–Kier alpha value is -4.07. The van der Waals surface area contributed by atoms with Gasteiger partial charge < -0.3 is 10.1 Å². The molecule has 162 valence electrons. The molecule has 0 unspecified atom stereocenters. The van der Waals surface area contributed by atoms with E-state index in [1.165, 1.54) is 0 Å². The Morgan fingerprint density at radius 1 is 1.03 bits per heavy atom. The molecule has 0 aromatic heterocycles. The van der Waals surface area contributed by atoms with Crippen molar-refractivity contribution in [2.24, 2.45) is 0 Å². The van der Waals surface area contributed by atoms with Crippen LogP contribution in [0.4, 0.5) is 5.69 Å². The number of carbonyl (C=O) groups is 1. The summed E-state index contributed by atoms with van der Waals surface area (Å²) >= 11 is 6.12. The van der Waals surface area contributed by atoms with Gasteiger partial charge in [-0.3, -0.25) is 4.79 Å². The van der Waals surface area contributed by atoms with E-state index in [9.17, 15) is 10.1 Å². The first kappa shape index (κ1) is 22.1. The van der Waals surface area contributed by atoms with E-state index in [2.05, 4.69) is 23.5 Å². The van der Waals surface area contributed by atoms with E-state index in [0.717, 1.165) is 21.9 Å². The molecule has 0 aliphatic rings. The third kappa shape index (κ3) is 5.23. The summed E-state index contributed by atoms with van der Waals surface area (Å²) in [7, 11) is 0. The lowest BCUT2D eigenvalue weighted by Crippen LogP contribution is -2.14. The van der Waals surface area contributed by atoms with Crippen LogP contribution in [0.5, 0.6) is 5.75 Å². The highest BCUT2D eigenvalue weighted by atomic mass is 35.5. The van der Waals surface area contributed by atoms with Crippen molar-refractivity contribution in [1.29, 1.82) is 5.26 Å². The maximum atomic E-state index is 12.7. The Balaban J connectivity index is 1.50. The smallest absolute Gasteiger partial charge is 0.266 e. The number of hydrogen-bond donors (Lipinski definition) is 1. The molecule has 0 aliphatic heterocycles. The van der Waals surface area contributed by atoms with Gasteiger partial charge in [0.05, 0.1) is 0 Å². The number of fused-ring (bicyclic) bond motifs is 1. The van der Waals surface area contributed by atoms with Crippen LogP contribution in [0.3, 0.4) is 0 Å². The molecule has 0 fully saturated rings. The molecule has 0 bridgehead atoms. The molecule has 4 aromatic rings. The zero-order chi connectivity index (χ0) is 23.2. The number of hydrogen-bond acceptors (Lipinski definition) is 3. The predicted molar refractivity (Wildman–Crippen MR) is 133 cm³/mol. The van der Waals surface area contributed by atoms with Crippen LogP contribution in [-0.2, 0) is 11.4 Å². The molecule has 0 spiro atoms. The quantitative estimate of drug-likeness (QED) is 0.255. The first-order chi connectivity index (χ1) is 16.0. The lowest BCUT2D eigenvalue weighted by molar-refractivity contribution is -0.112. The van der Waals surface area contributed by atoms with Gasteiger partial charge in [-0.05, 0) is 64.7 Å². The Morgan fingerprint density at radius 3 is 2.64 bits per heavy atom. The van der Waals surface area contributed by atoms with Gasteiger partial charge in [0, 0.05) is 10.7 Å². The number of amides is 1. The van der Waals surface area contributed by atoms with Gasteiger partial charge in [0.15, 0.2) is 0 Å². The SMILES string of the molecule is Cc1c(Cl)cccc1NC(=O)/C(C#N)=C\c1cccc(OCc2cccc3ccccc23)c1. The summed E-state index contributed by atoms with van der Waals surface area (Å²) < 4.78 is 6.01. The van der Waals surface area contributed by atoms with Gasteiger partial charge in [-0.2, -0.15) is 5.26 Å². The zero-order valence-corrected chi connectivity index (χ0v) is 18.8. The van der Waals surface area contributed by atoms with E-state index in [1.807, 2.05) is 55.5 Å². The molecule has 0 atom stereocenters. The number of rotatable bonds is 6. The van der Waals surface area contributed by atoms with Crippen molar-refractivity contribution in [1.82, 2.24) is 0 Å². The van der Waals surface area contributed by atoms with Crippen molar-refractivity contribution in [2.45, 2.75) is 13.5 Å². The molecular weight excluding hydrogens is 432 g/mol. The highest BCUT2D eigenvalue weighted by molar-refractivity contribution is 6.31. The van der Waals surface area contributed by atoms with Gasteiger partial charge in [-0.25, -0.2) is 0 Å². The van der Waals surface area contributed by atoms with Crippen LogP contribution in [0.2, 0.25) is 5.02 Å². The Labute approximate surface area is 197 Å². The standard InChI is InChI=1S/C28H21ClN2O2/c1-19-26(29)13-6-14-27(19)31-28(32)23(17-30)15-20-7-4-11-24(16-20)33-18-22-10-5-9-21-8-2-3-12-25(21)22/h2-16H,18H2,1H3,(H,31,32)/b23-15-. The number of anilines is 1. The Morgan fingerprint density at radius 2 is 1.79 bits per heavy atom. The summed E-state index contributed by atoms with van der Waals surface area (Å²) in [5.74, 6) is 0.157. The largest absolute Gasteiger partial charge is 0.489 e. The fourth-order valence-electron chi connectivity index (χ4n) is 3.52. The molecule has 0 heterocycles. The monoisotopic (exact) mass is 452 g/mol. The van der Waals surface area contributed by atoms with Crippen molar-refractivity contribution in [2.75, 3.05) is 5.32 Å². The van der Waals surface area contributed by atoms with Crippen molar-refractivity contribution >= 4 is 40.0 Å². The number of benzene rings is 4. The number of nitrogens with one attached hydrogen (secondary N) is 1. The summed E-state index contributed by atoms with van der Waals surface area (Å²) in [5, 5.41) is 15.2. The first-order valence-electron chi connectivity index (χ1n) is 10.4. The molecule has 33 heavy (non-hydrogen) atoms. The second-order valence-electron chi connectivity index (χ2n) is 7.54. The van der Waals surface area contributed by atoms with E-state index in [0.29, 0.717) is 28.6 Å². The second-order valence-corrected chi connectivity index (χ2v) is 7.94. The minimum atomic E-state index is -0.495. The lowest BCUT2D eigenvalue weighted by Gasteiger charge is -2.10. The maximum Gasteiger partial charge on any atom is 0.266 e. The number of carbonyl (C=O) groups excluding carboxylic acids is 1. The first-order valence-corrected chi connectivity index (χ1v) is 10.8. The van der Waals surface area contributed by atoms with E-state index < -0.39 is 5.91 Å². The molecule has 0 radical (unpaired) electrons. The van der Waals surface area contributed by atoms with Gasteiger partial charge in [0.2, 0.25) is 0 Å². The molecule has 4 rings (SSSR count). The molecule has 1 amide bonds. The van der Waals surface area contributed by atoms with E-state index in [-0.39, 0.29) is 5.57 Å². The van der Waals surface area contributed by atoms with Gasteiger partial charge >= 0.3 is 0 Å². The minimum absolute atomic E-state index is 0.0134. The molecule has 4 aromatic carbocycles. The van der Waals surface area contributed by atoms with E-state index >= 15 is 0 Å². The predicted octanol–water partition coefficient (Wildman–Crippen LogP) is 6.93. The third-order valence-corrected chi connectivity index (χ3v) is 5.73. The highest BCUT2D eigenvalue weighted by Gasteiger charge is 2.12. The maximum absolute atomic E-state index is 12.7. The molecule has 0 saturated carbocycles. The van der Waals surface area contributed by atoms with Crippen molar-refractivity contribution in [3.63, 3.8) is 0 Å². The van der Waals surface area contributed by atoms with Gasteiger partial charge in [-0.15, -0.1) is 0 Å². The van der Waals surface area contributed by atoms with E-state index in [4.69, 9.17) is 16.3 Å². The normalized spacial score (nSPS) is 11.1. The summed E-state index contributed by atoms with van der Waals surface area (Å²) in [6, 6.07) is 28.8. The van der Waals surface area contributed by atoms with Crippen molar-refractivity contribution in [3.05, 3.63) is 112 Å². The summed E-state index contributed by atoms with van der Waals surface area (Å²) in [5.41, 5.74) is 3.08. The van der Waals surface area contributed by atoms with E-state index in [1.54, 1.807) is 30.3 Å². The number of nitrogens with zero attached hydrogens (tertiary/aromatic N) is 1. The lowest BCUT2D eigenvalue weighted by atomic mass is 10.1. The fourth-order valence-corrected chi connectivity index (χ4v) is 3.70. The molecule has 4 nitrogen and oxygen atoms in total. The van der Waals surface area contributed by atoms with Crippen LogP contribution in [-0.4, -0.2) is 5.91 Å². The van der Waals surface area contributed by atoms with Crippen LogP contribution in [0.15, 0.2) is 90.5 Å². The highest BCUT2D eigenvalue weighted by Crippen LogP contribution is 2.24. The van der Waals surface area contributed by atoms with Crippen LogP contribution < -0.4 is 10.1 Å². The second kappa shape index (κ2) is 10.0. The number of halogens is 1. The van der Waals surface area contributed by atoms with Crippen LogP contribution in [0, 0.1) is 18.3 Å². The topological polar surface area (TPSA) is 62.1 Å². The van der Waals surface area contributed by atoms with Crippen LogP contribution >= 0.6 is 11.6 Å². The fraction of sp³-hybridized carbons (Fsp3) is 0.0714. The number of ether oxygens (including phenoxy) is 1. The van der Waals surface area contributed by atoms with Crippen molar-refractivity contribution in [3.8, 4) is 11.8 Å².